The molecule has 5 heteroatoms. The van der Waals surface area contributed by atoms with Crippen molar-refractivity contribution in [3.05, 3.63) is 41.7 Å². The zero-order valence-electron chi connectivity index (χ0n) is 10.3. The molecule has 1 N–H and O–H groups in total. The summed E-state index contributed by atoms with van der Waals surface area (Å²) in [6.07, 6.45) is 1.99. The SMILES string of the molecule is Cc1nn(C)cc1CNc1nc2ccccc2o1. The summed E-state index contributed by atoms with van der Waals surface area (Å²) < 4.78 is 7.39. The fourth-order valence-corrected chi connectivity index (χ4v) is 1.94. The molecular weight excluding hydrogens is 228 g/mol. The standard InChI is InChI=1S/C13H14N4O/c1-9-10(8-17(2)16-9)7-14-13-15-11-5-3-4-6-12(11)18-13/h3-6,8H,7H2,1-2H3,(H,14,15). The molecule has 92 valence electrons. The fourth-order valence-electron chi connectivity index (χ4n) is 1.94. The summed E-state index contributed by atoms with van der Waals surface area (Å²) in [5, 5.41) is 7.47. The Morgan fingerprint density at radius 1 is 1.33 bits per heavy atom. The van der Waals surface area contributed by atoms with Crippen molar-refractivity contribution in [2.24, 2.45) is 7.05 Å². The van der Waals surface area contributed by atoms with Gasteiger partial charge in [-0.25, -0.2) is 0 Å². The monoisotopic (exact) mass is 242 g/mol. The summed E-state index contributed by atoms with van der Waals surface area (Å²) in [7, 11) is 1.91. The van der Waals surface area contributed by atoms with Crippen LogP contribution >= 0.6 is 0 Å². The van der Waals surface area contributed by atoms with Gasteiger partial charge in [0, 0.05) is 25.4 Å². The Labute approximate surface area is 104 Å². The Morgan fingerprint density at radius 3 is 2.89 bits per heavy atom. The summed E-state index contributed by atoms with van der Waals surface area (Å²) in [5.74, 6) is 0. The van der Waals surface area contributed by atoms with Crippen LogP contribution in [0.2, 0.25) is 0 Å². The summed E-state index contributed by atoms with van der Waals surface area (Å²) in [5.41, 5.74) is 3.81. The number of rotatable bonds is 3. The van der Waals surface area contributed by atoms with Crippen LogP contribution in [0.3, 0.4) is 0 Å². The molecule has 0 aliphatic heterocycles. The van der Waals surface area contributed by atoms with Gasteiger partial charge in [0.25, 0.3) is 6.01 Å². The van der Waals surface area contributed by atoms with E-state index in [1.165, 1.54) is 0 Å². The molecule has 5 nitrogen and oxygen atoms in total. The average molecular weight is 242 g/mol. The van der Waals surface area contributed by atoms with Crippen molar-refractivity contribution < 1.29 is 4.42 Å². The van der Waals surface area contributed by atoms with E-state index in [0.717, 1.165) is 22.4 Å². The Kier molecular flexibility index (Phi) is 2.51. The third kappa shape index (κ3) is 1.95. The second kappa shape index (κ2) is 4.18. The number of aryl methyl sites for hydroxylation is 2. The van der Waals surface area contributed by atoms with E-state index in [1.807, 2.05) is 44.4 Å². The minimum absolute atomic E-state index is 0.541. The number of fused-ring (bicyclic) bond motifs is 1. The van der Waals surface area contributed by atoms with Gasteiger partial charge in [-0.05, 0) is 19.1 Å². The van der Waals surface area contributed by atoms with Crippen molar-refractivity contribution in [1.82, 2.24) is 14.8 Å². The van der Waals surface area contributed by atoms with Gasteiger partial charge in [-0.1, -0.05) is 12.1 Å². The minimum atomic E-state index is 0.541. The Morgan fingerprint density at radius 2 is 2.17 bits per heavy atom. The van der Waals surface area contributed by atoms with Crippen LogP contribution in [0.25, 0.3) is 11.1 Å². The lowest BCUT2D eigenvalue weighted by Gasteiger charge is -1.98. The average Bonchev–Trinajstić information content (AvgIpc) is 2.89. The van der Waals surface area contributed by atoms with Gasteiger partial charge < -0.3 is 9.73 Å². The van der Waals surface area contributed by atoms with Gasteiger partial charge in [0.2, 0.25) is 0 Å². The summed E-state index contributed by atoms with van der Waals surface area (Å²) in [6, 6.07) is 8.25. The Hall–Kier alpha value is -2.30. The van der Waals surface area contributed by atoms with Crippen LogP contribution in [0.5, 0.6) is 0 Å². The third-order valence-electron chi connectivity index (χ3n) is 2.84. The van der Waals surface area contributed by atoms with Crippen LogP contribution in [-0.2, 0) is 13.6 Å². The lowest BCUT2D eigenvalue weighted by atomic mass is 10.3. The van der Waals surface area contributed by atoms with Crippen LogP contribution in [0, 0.1) is 6.92 Å². The van der Waals surface area contributed by atoms with Crippen molar-refractivity contribution >= 4 is 17.1 Å². The molecule has 0 radical (unpaired) electrons. The highest BCUT2D eigenvalue weighted by atomic mass is 16.4. The Balaban J connectivity index is 1.78. The molecule has 0 saturated carbocycles. The molecule has 1 aromatic carbocycles. The Bertz CT molecular complexity index is 650. The molecule has 3 aromatic rings. The molecular formula is C13H14N4O. The molecule has 0 bridgehead atoms. The van der Waals surface area contributed by atoms with Crippen LogP contribution in [0.15, 0.2) is 34.9 Å². The topological polar surface area (TPSA) is 55.9 Å². The number of anilines is 1. The van der Waals surface area contributed by atoms with E-state index in [-0.39, 0.29) is 0 Å². The van der Waals surface area contributed by atoms with Crippen molar-refractivity contribution in [1.29, 1.82) is 0 Å². The highest BCUT2D eigenvalue weighted by Crippen LogP contribution is 2.18. The first kappa shape index (κ1) is 10.8. The highest BCUT2D eigenvalue weighted by molar-refractivity contribution is 5.74. The quantitative estimate of drug-likeness (QED) is 0.766. The maximum Gasteiger partial charge on any atom is 0.295 e. The lowest BCUT2D eigenvalue weighted by Crippen LogP contribution is -1.99. The molecule has 2 heterocycles. The van der Waals surface area contributed by atoms with Crippen LogP contribution in [0.1, 0.15) is 11.3 Å². The molecule has 0 saturated heterocycles. The molecule has 0 aliphatic rings. The number of hydrogen-bond donors (Lipinski definition) is 1. The molecule has 0 aliphatic carbocycles. The van der Waals surface area contributed by atoms with Crippen molar-refractivity contribution in [3.63, 3.8) is 0 Å². The van der Waals surface area contributed by atoms with Gasteiger partial charge >= 0.3 is 0 Å². The fraction of sp³-hybridized carbons (Fsp3) is 0.231. The lowest BCUT2D eigenvalue weighted by molar-refractivity contribution is 0.614. The first-order valence-electron chi connectivity index (χ1n) is 5.81. The van der Waals surface area contributed by atoms with E-state index in [1.54, 1.807) is 4.68 Å². The van der Waals surface area contributed by atoms with Gasteiger partial charge in [0.15, 0.2) is 5.58 Å². The summed E-state index contributed by atoms with van der Waals surface area (Å²) in [4.78, 5) is 4.36. The minimum Gasteiger partial charge on any atom is -0.424 e. The van der Waals surface area contributed by atoms with Crippen LogP contribution in [0.4, 0.5) is 6.01 Å². The largest absolute Gasteiger partial charge is 0.424 e. The summed E-state index contributed by atoms with van der Waals surface area (Å²) in [6.45, 7) is 2.65. The van der Waals surface area contributed by atoms with Crippen LogP contribution < -0.4 is 5.32 Å². The molecule has 2 aromatic heterocycles. The highest BCUT2D eigenvalue weighted by Gasteiger charge is 2.06. The first-order valence-corrected chi connectivity index (χ1v) is 5.81. The van der Waals surface area contributed by atoms with E-state index in [2.05, 4.69) is 15.4 Å². The second-order valence-corrected chi connectivity index (χ2v) is 4.25. The van der Waals surface area contributed by atoms with Crippen molar-refractivity contribution in [2.75, 3.05) is 5.32 Å². The van der Waals surface area contributed by atoms with E-state index >= 15 is 0 Å². The van der Waals surface area contributed by atoms with Gasteiger partial charge in [-0.2, -0.15) is 10.1 Å². The second-order valence-electron chi connectivity index (χ2n) is 4.25. The number of oxazole rings is 1. The zero-order chi connectivity index (χ0) is 12.5. The number of nitrogens with zero attached hydrogens (tertiary/aromatic N) is 3. The first-order chi connectivity index (χ1) is 8.72. The van der Waals surface area contributed by atoms with Crippen molar-refractivity contribution in [2.45, 2.75) is 13.5 Å². The number of aromatic nitrogens is 3. The van der Waals surface area contributed by atoms with Crippen molar-refractivity contribution in [3.8, 4) is 0 Å². The predicted octanol–water partition coefficient (Wildman–Crippen LogP) is 2.48. The van der Waals surface area contributed by atoms with Gasteiger partial charge in [-0.15, -0.1) is 0 Å². The normalized spacial score (nSPS) is 11.0. The molecule has 18 heavy (non-hydrogen) atoms. The van der Waals surface area contributed by atoms with Gasteiger partial charge in [0.05, 0.1) is 5.69 Å². The van der Waals surface area contributed by atoms with Gasteiger partial charge in [0.1, 0.15) is 5.52 Å². The zero-order valence-corrected chi connectivity index (χ0v) is 10.3. The smallest absolute Gasteiger partial charge is 0.295 e. The number of nitrogens with one attached hydrogen (secondary N) is 1. The predicted molar refractivity (Wildman–Crippen MR) is 69.3 cm³/mol. The molecule has 3 rings (SSSR count). The van der Waals surface area contributed by atoms with Crippen LogP contribution in [-0.4, -0.2) is 14.8 Å². The van der Waals surface area contributed by atoms with E-state index < -0.39 is 0 Å². The number of para-hydroxylation sites is 2. The third-order valence-corrected chi connectivity index (χ3v) is 2.84. The summed E-state index contributed by atoms with van der Waals surface area (Å²) >= 11 is 0. The molecule has 0 fully saturated rings. The molecule has 0 amide bonds. The maximum absolute atomic E-state index is 5.59. The van der Waals surface area contributed by atoms with E-state index in [9.17, 15) is 0 Å². The number of benzene rings is 1. The number of hydrogen-bond acceptors (Lipinski definition) is 4. The van der Waals surface area contributed by atoms with E-state index in [4.69, 9.17) is 4.42 Å². The maximum atomic E-state index is 5.59. The van der Waals surface area contributed by atoms with E-state index in [0.29, 0.717) is 12.6 Å². The molecule has 0 unspecified atom stereocenters. The molecule has 0 atom stereocenters. The van der Waals surface area contributed by atoms with Gasteiger partial charge in [-0.3, -0.25) is 4.68 Å². The molecule has 0 spiro atoms.